The van der Waals surface area contributed by atoms with E-state index in [0.29, 0.717) is 18.0 Å². The van der Waals surface area contributed by atoms with E-state index in [2.05, 4.69) is 10.6 Å². The number of carbonyl (C=O) groups excluding carboxylic acids is 1. The van der Waals surface area contributed by atoms with Crippen LogP contribution in [0.2, 0.25) is 5.02 Å². The second-order valence-corrected chi connectivity index (χ2v) is 6.25. The van der Waals surface area contributed by atoms with Crippen molar-refractivity contribution in [2.24, 2.45) is 0 Å². The molecule has 1 atom stereocenters. The molecular weight excluding hydrogens is 324 g/mol. The molecule has 0 fully saturated rings. The predicted molar refractivity (Wildman–Crippen MR) is 96.2 cm³/mol. The van der Waals surface area contributed by atoms with E-state index in [-0.39, 0.29) is 12.1 Å². The number of benzene rings is 2. The van der Waals surface area contributed by atoms with Crippen LogP contribution in [0, 0.1) is 0 Å². The van der Waals surface area contributed by atoms with Gasteiger partial charge in [-0.1, -0.05) is 41.9 Å². The van der Waals surface area contributed by atoms with Gasteiger partial charge in [-0.25, -0.2) is 4.79 Å². The second kappa shape index (κ2) is 7.41. The Morgan fingerprint density at radius 1 is 1.17 bits per heavy atom. The summed E-state index contributed by atoms with van der Waals surface area (Å²) >= 11 is 5.84. The number of nitrogens with one attached hydrogen (secondary N) is 2. The number of halogens is 1. The number of amides is 2. The van der Waals surface area contributed by atoms with E-state index in [1.807, 2.05) is 49.4 Å². The molecule has 3 rings (SSSR count). The van der Waals surface area contributed by atoms with Gasteiger partial charge in [-0.05, 0) is 36.8 Å². The topological polar surface area (TPSA) is 54.3 Å². The second-order valence-electron chi connectivity index (χ2n) is 5.81. The smallest absolute Gasteiger partial charge is 0.315 e. The number of urea groups is 1. The summed E-state index contributed by atoms with van der Waals surface area (Å²) in [4.78, 5) is 12.0. The molecule has 4 nitrogen and oxygen atoms in total. The maximum Gasteiger partial charge on any atom is 0.315 e. The lowest BCUT2D eigenvalue weighted by atomic mass is 10.2. The van der Waals surface area contributed by atoms with Crippen LogP contribution >= 0.6 is 11.6 Å². The van der Waals surface area contributed by atoms with Gasteiger partial charge < -0.3 is 15.1 Å². The standard InChI is InChI=1S/C19H19ClN2O2/c1-13(10-17-11-15-4-2-3-5-18(15)24-17)22-19(23)21-12-14-6-8-16(20)9-7-14/h2-9,11,13H,10,12H2,1H3,(H2,21,22,23)/t13-/m1/s1. The van der Waals surface area contributed by atoms with E-state index in [4.69, 9.17) is 16.0 Å². The number of carbonyl (C=O) groups is 1. The van der Waals surface area contributed by atoms with Crippen LogP contribution in [-0.2, 0) is 13.0 Å². The molecule has 0 spiro atoms. The van der Waals surface area contributed by atoms with E-state index in [0.717, 1.165) is 22.3 Å². The predicted octanol–water partition coefficient (Wildman–Crippen LogP) is 4.52. The summed E-state index contributed by atoms with van der Waals surface area (Å²) in [6, 6.07) is 17.1. The van der Waals surface area contributed by atoms with E-state index >= 15 is 0 Å². The Morgan fingerprint density at radius 3 is 2.67 bits per heavy atom. The highest BCUT2D eigenvalue weighted by Crippen LogP contribution is 2.19. The molecular formula is C19H19ClN2O2. The van der Waals surface area contributed by atoms with Gasteiger partial charge >= 0.3 is 6.03 Å². The summed E-state index contributed by atoms with van der Waals surface area (Å²) in [6.45, 7) is 2.41. The van der Waals surface area contributed by atoms with Crippen LogP contribution in [0.3, 0.4) is 0 Å². The fourth-order valence-electron chi connectivity index (χ4n) is 2.55. The molecule has 0 aliphatic carbocycles. The minimum absolute atomic E-state index is 0.0317. The Labute approximate surface area is 145 Å². The van der Waals surface area contributed by atoms with Crippen molar-refractivity contribution in [3.05, 3.63) is 70.9 Å². The van der Waals surface area contributed by atoms with Gasteiger partial charge in [0.1, 0.15) is 11.3 Å². The van der Waals surface area contributed by atoms with Crippen molar-refractivity contribution >= 4 is 28.6 Å². The van der Waals surface area contributed by atoms with Crippen molar-refractivity contribution in [3.8, 4) is 0 Å². The van der Waals surface area contributed by atoms with Crippen molar-refractivity contribution in [3.63, 3.8) is 0 Å². The molecule has 1 aromatic heterocycles. The summed E-state index contributed by atoms with van der Waals surface area (Å²) in [5, 5.41) is 7.52. The van der Waals surface area contributed by atoms with Gasteiger partial charge in [0, 0.05) is 29.4 Å². The largest absolute Gasteiger partial charge is 0.461 e. The number of fused-ring (bicyclic) bond motifs is 1. The Hall–Kier alpha value is -2.46. The maximum absolute atomic E-state index is 12.0. The van der Waals surface area contributed by atoms with Gasteiger partial charge in [0.25, 0.3) is 0 Å². The molecule has 0 aliphatic rings. The van der Waals surface area contributed by atoms with Crippen molar-refractivity contribution in [1.82, 2.24) is 10.6 Å². The highest BCUT2D eigenvalue weighted by molar-refractivity contribution is 6.30. The lowest BCUT2D eigenvalue weighted by molar-refractivity contribution is 0.237. The van der Waals surface area contributed by atoms with Gasteiger partial charge in [0.15, 0.2) is 0 Å². The average Bonchev–Trinajstić information content (AvgIpc) is 2.96. The first kappa shape index (κ1) is 16.4. The van der Waals surface area contributed by atoms with Crippen LogP contribution in [0.1, 0.15) is 18.2 Å². The molecule has 0 bridgehead atoms. The van der Waals surface area contributed by atoms with Crippen molar-refractivity contribution < 1.29 is 9.21 Å². The molecule has 0 aliphatic heterocycles. The zero-order valence-corrected chi connectivity index (χ0v) is 14.1. The SMILES string of the molecule is C[C@H](Cc1cc2ccccc2o1)NC(=O)NCc1ccc(Cl)cc1. The number of rotatable bonds is 5. The Bertz CT molecular complexity index is 794. The van der Waals surface area contributed by atoms with Gasteiger partial charge in [-0.15, -0.1) is 0 Å². The van der Waals surface area contributed by atoms with E-state index in [9.17, 15) is 4.79 Å². The molecule has 0 unspecified atom stereocenters. The fourth-order valence-corrected chi connectivity index (χ4v) is 2.68. The number of furan rings is 1. The molecule has 5 heteroatoms. The lowest BCUT2D eigenvalue weighted by Crippen LogP contribution is -2.41. The zero-order chi connectivity index (χ0) is 16.9. The number of hydrogen-bond donors (Lipinski definition) is 2. The highest BCUT2D eigenvalue weighted by Gasteiger charge is 2.11. The minimum Gasteiger partial charge on any atom is -0.461 e. The molecule has 1 heterocycles. The highest BCUT2D eigenvalue weighted by atomic mass is 35.5. The molecule has 0 saturated heterocycles. The third-order valence-electron chi connectivity index (χ3n) is 3.73. The van der Waals surface area contributed by atoms with E-state index < -0.39 is 0 Å². The first-order chi connectivity index (χ1) is 11.6. The van der Waals surface area contributed by atoms with Gasteiger partial charge in [0.05, 0.1) is 0 Å². The normalized spacial score (nSPS) is 12.1. The molecule has 2 N–H and O–H groups in total. The third-order valence-corrected chi connectivity index (χ3v) is 3.98. The monoisotopic (exact) mass is 342 g/mol. The molecule has 24 heavy (non-hydrogen) atoms. The van der Waals surface area contributed by atoms with Gasteiger partial charge in [-0.3, -0.25) is 0 Å². The lowest BCUT2D eigenvalue weighted by Gasteiger charge is -2.13. The Balaban J connectivity index is 1.49. The van der Waals surface area contributed by atoms with E-state index in [1.165, 1.54) is 0 Å². The average molecular weight is 343 g/mol. The maximum atomic E-state index is 12.0. The zero-order valence-electron chi connectivity index (χ0n) is 13.4. The number of hydrogen-bond acceptors (Lipinski definition) is 2. The van der Waals surface area contributed by atoms with Crippen LogP contribution in [-0.4, -0.2) is 12.1 Å². The third kappa shape index (κ3) is 4.30. The van der Waals surface area contributed by atoms with Gasteiger partial charge in [0.2, 0.25) is 0 Å². The molecule has 2 aromatic carbocycles. The Morgan fingerprint density at radius 2 is 1.92 bits per heavy atom. The van der Waals surface area contributed by atoms with E-state index in [1.54, 1.807) is 12.1 Å². The molecule has 2 amide bonds. The molecule has 0 saturated carbocycles. The van der Waals surface area contributed by atoms with Crippen LogP contribution in [0.4, 0.5) is 4.79 Å². The fraction of sp³-hybridized carbons (Fsp3) is 0.211. The molecule has 3 aromatic rings. The first-order valence-electron chi connectivity index (χ1n) is 7.86. The summed E-state index contributed by atoms with van der Waals surface area (Å²) in [7, 11) is 0. The Kier molecular flexibility index (Phi) is 5.06. The summed E-state index contributed by atoms with van der Waals surface area (Å²) < 4.78 is 5.78. The van der Waals surface area contributed by atoms with Gasteiger partial charge in [-0.2, -0.15) is 0 Å². The summed E-state index contributed by atoms with van der Waals surface area (Å²) in [5.41, 5.74) is 1.87. The van der Waals surface area contributed by atoms with Crippen LogP contribution in [0.15, 0.2) is 59.0 Å². The number of para-hydroxylation sites is 1. The molecule has 0 radical (unpaired) electrons. The minimum atomic E-state index is -0.200. The van der Waals surface area contributed by atoms with Crippen LogP contribution < -0.4 is 10.6 Å². The summed E-state index contributed by atoms with van der Waals surface area (Å²) in [6.07, 6.45) is 0.642. The molecule has 124 valence electrons. The van der Waals surface area contributed by atoms with Crippen LogP contribution in [0.5, 0.6) is 0 Å². The van der Waals surface area contributed by atoms with Crippen LogP contribution in [0.25, 0.3) is 11.0 Å². The van der Waals surface area contributed by atoms with Crippen molar-refractivity contribution in [2.45, 2.75) is 25.9 Å². The summed E-state index contributed by atoms with van der Waals surface area (Å²) in [5.74, 6) is 0.863. The first-order valence-corrected chi connectivity index (χ1v) is 8.24. The quantitative estimate of drug-likeness (QED) is 0.716. The van der Waals surface area contributed by atoms with Crippen molar-refractivity contribution in [1.29, 1.82) is 0 Å². The van der Waals surface area contributed by atoms with Crippen molar-refractivity contribution in [2.75, 3.05) is 0 Å².